The molecular weight excluding hydrogens is 555 g/mol. The molecule has 46 heavy (non-hydrogen) atoms. The van der Waals surface area contributed by atoms with E-state index >= 15 is 0 Å². The van der Waals surface area contributed by atoms with Crippen LogP contribution >= 0.6 is 0 Å². The maximum atomic E-state index is 4.27. The highest BCUT2D eigenvalue weighted by Gasteiger charge is 2.36. The lowest BCUT2D eigenvalue weighted by Gasteiger charge is -2.23. The van der Waals surface area contributed by atoms with Gasteiger partial charge in [-0.15, -0.1) is 0 Å². The second-order valence-corrected chi connectivity index (χ2v) is 13.1. The molecule has 0 bridgehead atoms. The van der Waals surface area contributed by atoms with Gasteiger partial charge in [0.25, 0.3) is 0 Å². The number of aliphatic imine (C=N–C) groups is 1. The van der Waals surface area contributed by atoms with E-state index in [1.165, 1.54) is 87.6 Å². The zero-order valence-corrected chi connectivity index (χ0v) is 26.3. The number of hydrogen-bond acceptors (Lipinski definition) is 1. The molecule has 0 atom stereocenters. The van der Waals surface area contributed by atoms with Crippen LogP contribution in [0.25, 0.3) is 76.5 Å². The van der Waals surface area contributed by atoms with Gasteiger partial charge in [-0.1, -0.05) is 135 Å². The first-order valence-electron chi connectivity index (χ1n) is 16.1. The average Bonchev–Trinajstić information content (AvgIpc) is 3.32. The molecule has 218 valence electrons. The normalized spacial score (nSPS) is 13.6. The van der Waals surface area contributed by atoms with Crippen molar-refractivity contribution in [2.24, 2.45) is 4.99 Å². The fraction of sp³-hybridized carbons (Fsp3) is 0.0889. The highest BCUT2D eigenvalue weighted by Crippen LogP contribution is 2.51. The third-order valence-corrected chi connectivity index (χ3v) is 10.2. The second kappa shape index (κ2) is 9.99. The van der Waals surface area contributed by atoms with Crippen molar-refractivity contribution in [1.82, 2.24) is 0 Å². The third-order valence-electron chi connectivity index (χ3n) is 10.2. The molecule has 0 saturated carbocycles. The molecule has 8 aromatic carbocycles. The molecule has 1 heteroatoms. The van der Waals surface area contributed by atoms with Crippen molar-refractivity contribution in [3.8, 4) is 33.4 Å². The van der Waals surface area contributed by atoms with Crippen LogP contribution in [-0.2, 0) is 5.41 Å². The van der Waals surface area contributed by atoms with Crippen molar-refractivity contribution in [3.05, 3.63) is 156 Å². The van der Waals surface area contributed by atoms with E-state index in [0.717, 1.165) is 5.56 Å². The zero-order chi connectivity index (χ0) is 31.0. The SMILES string of the molecule is CN=Cc1ccc2c(c1)C(C)(C)c1cc(-c3c4ccccc4c(-c4ccc5c(ccc6ccccc65)c4)c4ccccc34)ccc1-2. The van der Waals surface area contributed by atoms with E-state index < -0.39 is 0 Å². The predicted molar refractivity (Wildman–Crippen MR) is 198 cm³/mol. The summed E-state index contributed by atoms with van der Waals surface area (Å²) in [6.07, 6.45) is 1.95. The van der Waals surface area contributed by atoms with Gasteiger partial charge in [0.15, 0.2) is 0 Å². The van der Waals surface area contributed by atoms with Gasteiger partial charge >= 0.3 is 0 Å². The Morgan fingerprint density at radius 1 is 0.457 bits per heavy atom. The summed E-state index contributed by atoms with van der Waals surface area (Å²) in [7, 11) is 1.83. The fourth-order valence-electron chi connectivity index (χ4n) is 8.06. The zero-order valence-electron chi connectivity index (χ0n) is 26.3. The van der Waals surface area contributed by atoms with E-state index in [0.29, 0.717) is 0 Å². The van der Waals surface area contributed by atoms with Crippen LogP contribution in [-0.4, -0.2) is 13.3 Å². The monoisotopic (exact) mass is 587 g/mol. The van der Waals surface area contributed by atoms with Crippen LogP contribution in [0.4, 0.5) is 0 Å². The number of benzene rings is 8. The first-order chi connectivity index (χ1) is 22.5. The third kappa shape index (κ3) is 3.85. The Hall–Kier alpha value is -5.53. The van der Waals surface area contributed by atoms with E-state index in [4.69, 9.17) is 0 Å². The van der Waals surface area contributed by atoms with Gasteiger partial charge in [-0.2, -0.15) is 0 Å². The Bertz CT molecular complexity index is 2510. The smallest absolute Gasteiger partial charge is 0.0281 e. The van der Waals surface area contributed by atoms with Gasteiger partial charge in [-0.05, 0) is 111 Å². The minimum absolute atomic E-state index is 0.112. The van der Waals surface area contributed by atoms with E-state index in [1.54, 1.807) is 0 Å². The first-order valence-corrected chi connectivity index (χ1v) is 16.1. The standard InChI is InChI=1S/C45H33N/c1-45(2)41-24-28(27-46-3)16-21-35(41)36-23-20-32(26-42(36)45)44-39-14-8-6-12-37(39)43(38-13-7-9-15-40(38)44)31-19-22-34-30(25-31)18-17-29-10-4-5-11-33(29)34/h4-27H,1-3H3. The lowest BCUT2D eigenvalue weighted by Crippen LogP contribution is -2.15. The summed E-state index contributed by atoms with van der Waals surface area (Å²) < 4.78 is 0. The summed E-state index contributed by atoms with van der Waals surface area (Å²) in [5.41, 5.74) is 11.6. The number of rotatable bonds is 3. The molecule has 0 unspecified atom stereocenters. The van der Waals surface area contributed by atoms with Crippen LogP contribution < -0.4 is 0 Å². The lowest BCUT2D eigenvalue weighted by atomic mass is 9.80. The predicted octanol–water partition coefficient (Wildman–Crippen LogP) is 12.0. The van der Waals surface area contributed by atoms with E-state index in [9.17, 15) is 0 Å². The topological polar surface area (TPSA) is 12.4 Å². The van der Waals surface area contributed by atoms with E-state index in [-0.39, 0.29) is 5.41 Å². The van der Waals surface area contributed by atoms with Crippen molar-refractivity contribution in [2.45, 2.75) is 19.3 Å². The summed E-state index contributed by atoms with van der Waals surface area (Å²) in [5, 5.41) is 10.3. The Morgan fingerprint density at radius 3 is 1.61 bits per heavy atom. The van der Waals surface area contributed by atoms with Crippen LogP contribution in [0.1, 0.15) is 30.5 Å². The number of fused-ring (bicyclic) bond motifs is 8. The molecule has 0 radical (unpaired) electrons. The molecule has 1 aliphatic rings. The molecule has 0 spiro atoms. The van der Waals surface area contributed by atoms with Crippen LogP contribution in [0.3, 0.4) is 0 Å². The molecule has 0 heterocycles. The van der Waals surface area contributed by atoms with Gasteiger partial charge in [0.05, 0.1) is 0 Å². The minimum atomic E-state index is -0.112. The maximum Gasteiger partial charge on any atom is 0.0281 e. The number of hydrogen-bond donors (Lipinski definition) is 0. The first kappa shape index (κ1) is 26.8. The molecule has 0 N–H and O–H groups in total. The van der Waals surface area contributed by atoms with Crippen molar-refractivity contribution in [3.63, 3.8) is 0 Å². The van der Waals surface area contributed by atoms with E-state index in [1.807, 2.05) is 13.3 Å². The van der Waals surface area contributed by atoms with Crippen molar-refractivity contribution >= 4 is 49.3 Å². The van der Waals surface area contributed by atoms with Gasteiger partial charge in [0.1, 0.15) is 0 Å². The molecule has 0 aromatic heterocycles. The van der Waals surface area contributed by atoms with Gasteiger partial charge < -0.3 is 0 Å². The Balaban J connectivity index is 1.28. The minimum Gasteiger partial charge on any atom is -0.296 e. The van der Waals surface area contributed by atoms with Crippen LogP contribution in [0.2, 0.25) is 0 Å². The van der Waals surface area contributed by atoms with Crippen LogP contribution in [0.5, 0.6) is 0 Å². The molecule has 8 aromatic rings. The molecule has 9 rings (SSSR count). The van der Waals surface area contributed by atoms with Crippen LogP contribution in [0.15, 0.2) is 145 Å². The van der Waals surface area contributed by atoms with Crippen molar-refractivity contribution < 1.29 is 0 Å². The Morgan fingerprint density at radius 2 is 0.957 bits per heavy atom. The summed E-state index contributed by atoms with van der Waals surface area (Å²) in [6.45, 7) is 4.72. The Labute approximate surface area is 269 Å². The van der Waals surface area contributed by atoms with E-state index in [2.05, 4.69) is 158 Å². The molecule has 0 aliphatic heterocycles. The molecule has 1 nitrogen and oxygen atoms in total. The van der Waals surface area contributed by atoms with Gasteiger partial charge in [0.2, 0.25) is 0 Å². The lowest BCUT2D eigenvalue weighted by molar-refractivity contribution is 0.660. The van der Waals surface area contributed by atoms with Crippen molar-refractivity contribution in [1.29, 1.82) is 0 Å². The second-order valence-electron chi connectivity index (χ2n) is 13.1. The number of nitrogens with zero attached hydrogens (tertiary/aromatic N) is 1. The summed E-state index contributed by atoms with van der Waals surface area (Å²) in [5.74, 6) is 0. The summed E-state index contributed by atoms with van der Waals surface area (Å²) in [4.78, 5) is 4.27. The quantitative estimate of drug-likeness (QED) is 0.111. The van der Waals surface area contributed by atoms with Gasteiger partial charge in [0, 0.05) is 18.7 Å². The van der Waals surface area contributed by atoms with Gasteiger partial charge in [-0.3, -0.25) is 4.99 Å². The molecule has 0 saturated heterocycles. The molecule has 0 amide bonds. The largest absolute Gasteiger partial charge is 0.296 e. The highest BCUT2D eigenvalue weighted by atomic mass is 14.6. The summed E-state index contributed by atoms with van der Waals surface area (Å²) >= 11 is 0. The maximum absolute atomic E-state index is 4.27. The van der Waals surface area contributed by atoms with Crippen molar-refractivity contribution in [2.75, 3.05) is 7.05 Å². The van der Waals surface area contributed by atoms with Gasteiger partial charge in [-0.25, -0.2) is 0 Å². The average molecular weight is 588 g/mol. The highest BCUT2D eigenvalue weighted by molar-refractivity contribution is 6.22. The Kier molecular flexibility index (Phi) is 5.83. The molecule has 0 fully saturated rings. The molecular formula is C45H33N. The summed E-state index contributed by atoms with van der Waals surface area (Å²) in [6, 6.07) is 52.0. The fourth-order valence-corrected chi connectivity index (χ4v) is 8.06. The van der Waals surface area contributed by atoms with Crippen LogP contribution in [0, 0.1) is 0 Å². The molecule has 1 aliphatic carbocycles.